The van der Waals surface area contributed by atoms with E-state index < -0.39 is 15.8 Å². The first-order chi connectivity index (χ1) is 9.31. The van der Waals surface area contributed by atoms with E-state index in [1.54, 1.807) is 13.8 Å². The molecule has 2 aromatic rings. The molecule has 7 heteroatoms. The second-order valence-electron chi connectivity index (χ2n) is 4.33. The molecule has 20 heavy (non-hydrogen) atoms. The zero-order valence-electron chi connectivity index (χ0n) is 10.8. The van der Waals surface area contributed by atoms with Gasteiger partial charge in [0.1, 0.15) is 5.82 Å². The van der Waals surface area contributed by atoms with Crippen molar-refractivity contribution >= 4 is 31.6 Å². The molecule has 1 heterocycles. The minimum absolute atomic E-state index is 0.0858. The first-order valence-corrected chi connectivity index (χ1v) is 7.98. The molecule has 0 aliphatic carbocycles. The molecule has 2 rings (SSSR count). The molecule has 0 bridgehead atoms. The molecule has 1 aromatic heterocycles. The lowest BCUT2D eigenvalue weighted by Crippen LogP contribution is -2.16. The number of anilines is 1. The van der Waals surface area contributed by atoms with Crippen molar-refractivity contribution in [2.75, 3.05) is 4.72 Å². The van der Waals surface area contributed by atoms with Crippen LogP contribution in [0.5, 0.6) is 0 Å². The maximum Gasteiger partial charge on any atom is 0.262 e. The van der Waals surface area contributed by atoms with Crippen LogP contribution in [-0.2, 0) is 10.0 Å². The third-order valence-corrected chi connectivity index (χ3v) is 5.01. The van der Waals surface area contributed by atoms with E-state index in [0.29, 0.717) is 21.3 Å². The van der Waals surface area contributed by atoms with E-state index in [9.17, 15) is 12.8 Å². The van der Waals surface area contributed by atoms with E-state index in [2.05, 4.69) is 25.6 Å². The SMILES string of the molecule is Cc1cc(F)cc(C)c1S(=O)(=O)Nc1ccncc1Br. The Kier molecular flexibility index (Phi) is 4.10. The largest absolute Gasteiger partial charge is 0.278 e. The quantitative estimate of drug-likeness (QED) is 0.914. The smallest absolute Gasteiger partial charge is 0.262 e. The van der Waals surface area contributed by atoms with E-state index in [0.717, 1.165) is 0 Å². The summed E-state index contributed by atoms with van der Waals surface area (Å²) >= 11 is 3.22. The van der Waals surface area contributed by atoms with Crippen LogP contribution in [0.1, 0.15) is 11.1 Å². The van der Waals surface area contributed by atoms with Crippen molar-refractivity contribution in [2.24, 2.45) is 0 Å². The minimum Gasteiger partial charge on any atom is -0.278 e. The zero-order valence-corrected chi connectivity index (χ0v) is 13.2. The van der Waals surface area contributed by atoms with Crippen molar-refractivity contribution in [3.63, 3.8) is 0 Å². The van der Waals surface area contributed by atoms with Gasteiger partial charge in [0.15, 0.2) is 0 Å². The molecule has 0 saturated carbocycles. The molecule has 0 amide bonds. The Hall–Kier alpha value is -1.47. The molecule has 106 valence electrons. The molecular weight excluding hydrogens is 347 g/mol. The number of aromatic nitrogens is 1. The topological polar surface area (TPSA) is 59.1 Å². The normalized spacial score (nSPS) is 11.4. The van der Waals surface area contributed by atoms with Gasteiger partial charge in [-0.1, -0.05) is 0 Å². The molecule has 0 fully saturated rings. The number of halogens is 2. The number of aryl methyl sites for hydroxylation is 2. The second kappa shape index (κ2) is 5.49. The second-order valence-corrected chi connectivity index (χ2v) is 6.80. The van der Waals surface area contributed by atoms with E-state index in [1.807, 2.05) is 0 Å². The number of nitrogens with zero attached hydrogens (tertiary/aromatic N) is 1. The van der Waals surface area contributed by atoms with Crippen molar-refractivity contribution < 1.29 is 12.8 Å². The summed E-state index contributed by atoms with van der Waals surface area (Å²) in [6.07, 6.45) is 2.97. The van der Waals surface area contributed by atoms with E-state index in [1.165, 1.54) is 30.6 Å². The summed E-state index contributed by atoms with van der Waals surface area (Å²) in [5.74, 6) is -0.455. The number of sulfonamides is 1. The molecule has 0 saturated heterocycles. The lowest BCUT2D eigenvalue weighted by atomic mass is 10.1. The standard InChI is InChI=1S/C13H12BrFN2O2S/c1-8-5-10(15)6-9(2)13(8)20(18,19)17-12-3-4-16-7-11(12)14/h3-7H,1-2H3,(H,16,17). The monoisotopic (exact) mass is 358 g/mol. The molecule has 0 unspecified atom stereocenters. The van der Waals surface area contributed by atoms with Gasteiger partial charge in [-0.05, 0) is 59.1 Å². The van der Waals surface area contributed by atoms with Gasteiger partial charge in [0.05, 0.1) is 15.1 Å². The van der Waals surface area contributed by atoms with Crippen LogP contribution in [0.3, 0.4) is 0 Å². The first-order valence-electron chi connectivity index (χ1n) is 5.70. The average molecular weight is 359 g/mol. The Labute approximate surface area is 125 Å². The van der Waals surface area contributed by atoms with Gasteiger partial charge in [-0.2, -0.15) is 0 Å². The van der Waals surface area contributed by atoms with Crippen LogP contribution in [0.25, 0.3) is 0 Å². The highest BCUT2D eigenvalue weighted by Gasteiger charge is 2.21. The number of hydrogen-bond acceptors (Lipinski definition) is 3. The van der Waals surface area contributed by atoms with Crippen molar-refractivity contribution in [1.29, 1.82) is 0 Å². The highest BCUT2D eigenvalue weighted by Crippen LogP contribution is 2.27. The Balaban J connectivity index is 2.50. The van der Waals surface area contributed by atoms with Gasteiger partial charge in [-0.25, -0.2) is 12.8 Å². The fraction of sp³-hybridized carbons (Fsp3) is 0.154. The summed E-state index contributed by atoms with van der Waals surface area (Å²) in [5, 5.41) is 0. The number of hydrogen-bond donors (Lipinski definition) is 1. The number of pyridine rings is 1. The summed E-state index contributed by atoms with van der Waals surface area (Å²) in [6, 6.07) is 3.93. The third-order valence-electron chi connectivity index (χ3n) is 2.71. The number of rotatable bonds is 3. The summed E-state index contributed by atoms with van der Waals surface area (Å²) in [4.78, 5) is 3.95. The molecule has 0 radical (unpaired) electrons. The molecule has 1 aromatic carbocycles. The molecule has 0 aliphatic heterocycles. The summed E-state index contributed by atoms with van der Waals surface area (Å²) in [6.45, 7) is 3.12. The van der Waals surface area contributed by atoms with Gasteiger partial charge in [0.25, 0.3) is 10.0 Å². The van der Waals surface area contributed by atoms with Crippen LogP contribution >= 0.6 is 15.9 Å². The lowest BCUT2D eigenvalue weighted by molar-refractivity contribution is 0.597. The van der Waals surface area contributed by atoms with Crippen LogP contribution in [0, 0.1) is 19.7 Å². The van der Waals surface area contributed by atoms with Gasteiger partial charge in [0.2, 0.25) is 0 Å². The number of benzene rings is 1. The van der Waals surface area contributed by atoms with Gasteiger partial charge in [-0.15, -0.1) is 0 Å². The molecular formula is C13H12BrFN2O2S. The molecule has 0 aliphatic rings. The van der Waals surface area contributed by atoms with Crippen molar-refractivity contribution in [1.82, 2.24) is 4.98 Å². The van der Waals surface area contributed by atoms with E-state index >= 15 is 0 Å². The fourth-order valence-corrected chi connectivity index (χ4v) is 3.99. The Morgan fingerprint density at radius 3 is 2.40 bits per heavy atom. The highest BCUT2D eigenvalue weighted by molar-refractivity contribution is 9.10. The van der Waals surface area contributed by atoms with Crippen molar-refractivity contribution in [2.45, 2.75) is 18.7 Å². The zero-order chi connectivity index (χ0) is 14.9. The van der Waals surface area contributed by atoms with Crippen molar-refractivity contribution in [3.8, 4) is 0 Å². The van der Waals surface area contributed by atoms with Crippen LogP contribution < -0.4 is 4.72 Å². The molecule has 0 atom stereocenters. The Morgan fingerprint density at radius 2 is 1.85 bits per heavy atom. The van der Waals surface area contributed by atoms with Crippen LogP contribution in [0.4, 0.5) is 10.1 Å². The van der Waals surface area contributed by atoms with E-state index in [4.69, 9.17) is 0 Å². The third kappa shape index (κ3) is 2.99. The van der Waals surface area contributed by atoms with E-state index in [-0.39, 0.29) is 4.90 Å². The maximum absolute atomic E-state index is 13.3. The summed E-state index contributed by atoms with van der Waals surface area (Å²) in [7, 11) is -3.79. The Bertz CT molecular complexity index is 740. The van der Waals surface area contributed by atoms with Gasteiger partial charge < -0.3 is 0 Å². The van der Waals surface area contributed by atoms with Gasteiger partial charge in [0, 0.05) is 12.4 Å². The van der Waals surface area contributed by atoms with Crippen LogP contribution in [0.15, 0.2) is 40.0 Å². The fourth-order valence-electron chi connectivity index (χ4n) is 1.98. The molecule has 0 spiro atoms. The Morgan fingerprint density at radius 1 is 1.25 bits per heavy atom. The first kappa shape index (κ1) is 14.9. The summed E-state index contributed by atoms with van der Waals surface area (Å²) in [5.41, 5.74) is 1.10. The molecule has 1 N–H and O–H groups in total. The summed E-state index contributed by atoms with van der Waals surface area (Å²) < 4.78 is 41.1. The van der Waals surface area contributed by atoms with Gasteiger partial charge >= 0.3 is 0 Å². The van der Waals surface area contributed by atoms with Gasteiger partial charge in [-0.3, -0.25) is 9.71 Å². The average Bonchev–Trinajstić information content (AvgIpc) is 2.30. The van der Waals surface area contributed by atoms with Crippen molar-refractivity contribution in [3.05, 3.63) is 52.0 Å². The lowest BCUT2D eigenvalue weighted by Gasteiger charge is -2.13. The minimum atomic E-state index is -3.79. The van der Waals surface area contributed by atoms with Crippen LogP contribution in [-0.4, -0.2) is 13.4 Å². The predicted molar refractivity (Wildman–Crippen MR) is 78.6 cm³/mol. The molecule has 4 nitrogen and oxygen atoms in total. The predicted octanol–water partition coefficient (Wildman–Crippen LogP) is 3.40. The maximum atomic E-state index is 13.3. The highest BCUT2D eigenvalue weighted by atomic mass is 79.9. The van der Waals surface area contributed by atoms with Crippen LogP contribution in [0.2, 0.25) is 0 Å². The number of nitrogens with one attached hydrogen (secondary N) is 1.